The molecule has 6 heteroatoms. The molecule has 0 unspecified atom stereocenters. The van der Waals surface area contributed by atoms with Crippen LogP contribution in [0.25, 0.3) is 100 Å². The highest BCUT2D eigenvalue weighted by molar-refractivity contribution is 6.15. The van der Waals surface area contributed by atoms with Crippen LogP contribution in [0.15, 0.2) is 154 Å². The van der Waals surface area contributed by atoms with Crippen LogP contribution in [0.1, 0.15) is 0 Å². The predicted octanol–water partition coefficient (Wildman–Crippen LogP) is 10.9. The van der Waals surface area contributed by atoms with Crippen molar-refractivity contribution in [2.45, 2.75) is 0 Å². The van der Waals surface area contributed by atoms with E-state index in [9.17, 15) is 0 Å². The highest BCUT2D eigenvalue weighted by Crippen LogP contribution is 2.40. The van der Waals surface area contributed by atoms with E-state index in [1.807, 2.05) is 91.0 Å². The molecule has 48 heavy (non-hydrogen) atoms. The molecular formula is C42H24N4O2. The fraction of sp³-hybridized carbons (Fsp3) is 0. The number of fused-ring (bicyclic) bond motifs is 7. The van der Waals surface area contributed by atoms with Crippen LogP contribution in [0.2, 0.25) is 0 Å². The van der Waals surface area contributed by atoms with Gasteiger partial charge in [-0.3, -0.25) is 0 Å². The molecule has 0 N–H and O–H groups in total. The standard InChI is InChI=1S/C42H24N4O2/c1-3-12-25(13-4-1)39-44-40(46-41(45-39)32-22-27-16-7-8-17-28(27)29-18-9-10-19-30(29)32)31-20-11-21-35-38(31)33-23-34-37(24-36(33)47-35)48-42(43-34)26-14-5-2-6-15-26/h1-24H. The SMILES string of the molecule is c1ccc(-c2nc(-c3cc4ccccc4c4ccccc34)nc(-c3cccc4oc5cc6oc(-c7ccccc7)nc6cc5c34)n2)cc1. The Balaban J connectivity index is 1.23. The zero-order valence-corrected chi connectivity index (χ0v) is 25.5. The van der Waals surface area contributed by atoms with Crippen LogP contribution >= 0.6 is 0 Å². The lowest BCUT2D eigenvalue weighted by atomic mass is 9.96. The number of benzene rings is 7. The maximum atomic E-state index is 6.41. The Morgan fingerprint density at radius 3 is 1.85 bits per heavy atom. The molecule has 0 aliphatic rings. The average molecular weight is 617 g/mol. The third-order valence-electron chi connectivity index (χ3n) is 8.94. The van der Waals surface area contributed by atoms with Crippen molar-refractivity contribution >= 4 is 54.6 Å². The molecule has 0 fully saturated rings. The average Bonchev–Trinajstić information content (AvgIpc) is 3.74. The lowest BCUT2D eigenvalue weighted by Crippen LogP contribution is -2.01. The van der Waals surface area contributed by atoms with Gasteiger partial charge in [0.05, 0.1) is 0 Å². The van der Waals surface area contributed by atoms with Crippen molar-refractivity contribution in [2.24, 2.45) is 0 Å². The molecule has 0 aliphatic heterocycles. The van der Waals surface area contributed by atoms with Gasteiger partial charge in [-0.25, -0.2) is 19.9 Å². The summed E-state index contributed by atoms with van der Waals surface area (Å²) in [6.45, 7) is 0. The minimum Gasteiger partial charge on any atom is -0.456 e. The fourth-order valence-corrected chi connectivity index (χ4v) is 6.71. The fourth-order valence-electron chi connectivity index (χ4n) is 6.71. The van der Waals surface area contributed by atoms with Gasteiger partial charge in [-0.1, -0.05) is 109 Å². The first-order chi connectivity index (χ1) is 23.8. The minimum absolute atomic E-state index is 0.564. The van der Waals surface area contributed by atoms with Crippen molar-refractivity contribution in [1.82, 2.24) is 19.9 Å². The Bertz CT molecular complexity index is 2840. The Morgan fingerprint density at radius 1 is 0.375 bits per heavy atom. The molecule has 7 aromatic carbocycles. The van der Waals surface area contributed by atoms with Gasteiger partial charge in [0.1, 0.15) is 16.7 Å². The lowest BCUT2D eigenvalue weighted by Gasteiger charge is -2.12. The van der Waals surface area contributed by atoms with Gasteiger partial charge in [0.15, 0.2) is 23.1 Å². The normalized spacial score (nSPS) is 11.8. The van der Waals surface area contributed by atoms with Crippen LogP contribution in [-0.4, -0.2) is 19.9 Å². The van der Waals surface area contributed by atoms with Gasteiger partial charge >= 0.3 is 0 Å². The summed E-state index contributed by atoms with van der Waals surface area (Å²) < 4.78 is 12.6. The van der Waals surface area contributed by atoms with Crippen LogP contribution in [0.3, 0.4) is 0 Å². The van der Waals surface area contributed by atoms with Crippen molar-refractivity contribution in [3.8, 4) is 45.6 Å². The van der Waals surface area contributed by atoms with Crippen molar-refractivity contribution in [1.29, 1.82) is 0 Å². The number of rotatable bonds is 4. The quantitative estimate of drug-likeness (QED) is 0.183. The number of hydrogen-bond acceptors (Lipinski definition) is 6. The number of hydrogen-bond donors (Lipinski definition) is 0. The summed E-state index contributed by atoms with van der Waals surface area (Å²) >= 11 is 0. The molecule has 0 saturated heterocycles. The monoisotopic (exact) mass is 616 g/mol. The van der Waals surface area contributed by atoms with Gasteiger partial charge in [-0.05, 0) is 51.9 Å². The molecule has 0 bridgehead atoms. The summed E-state index contributed by atoms with van der Waals surface area (Å²) in [5.41, 5.74) is 6.49. The molecule has 0 spiro atoms. The molecule has 10 aromatic rings. The Morgan fingerprint density at radius 2 is 1.04 bits per heavy atom. The molecule has 0 atom stereocenters. The van der Waals surface area contributed by atoms with Crippen LogP contribution in [0, 0.1) is 0 Å². The second-order valence-corrected chi connectivity index (χ2v) is 11.8. The van der Waals surface area contributed by atoms with E-state index >= 15 is 0 Å². The molecule has 0 amide bonds. The van der Waals surface area contributed by atoms with E-state index in [0.717, 1.165) is 60.3 Å². The molecule has 0 saturated carbocycles. The van der Waals surface area contributed by atoms with E-state index in [0.29, 0.717) is 34.5 Å². The molecule has 6 nitrogen and oxygen atoms in total. The maximum absolute atomic E-state index is 6.41. The van der Waals surface area contributed by atoms with Crippen molar-refractivity contribution in [3.63, 3.8) is 0 Å². The van der Waals surface area contributed by atoms with Crippen LogP contribution in [0.5, 0.6) is 0 Å². The van der Waals surface area contributed by atoms with Crippen molar-refractivity contribution in [2.75, 3.05) is 0 Å². The molecule has 0 radical (unpaired) electrons. The molecular weight excluding hydrogens is 592 g/mol. The van der Waals surface area contributed by atoms with E-state index in [-0.39, 0.29) is 0 Å². The third kappa shape index (κ3) is 4.20. The van der Waals surface area contributed by atoms with Gasteiger partial charge in [0.2, 0.25) is 5.89 Å². The highest BCUT2D eigenvalue weighted by atomic mass is 16.4. The van der Waals surface area contributed by atoms with Crippen LogP contribution < -0.4 is 0 Å². The maximum Gasteiger partial charge on any atom is 0.227 e. The number of furan rings is 1. The van der Waals surface area contributed by atoms with Crippen molar-refractivity contribution in [3.05, 3.63) is 146 Å². The minimum atomic E-state index is 0.564. The largest absolute Gasteiger partial charge is 0.456 e. The Hall–Kier alpha value is -6.66. The summed E-state index contributed by atoms with van der Waals surface area (Å²) in [6, 6.07) is 49.0. The summed E-state index contributed by atoms with van der Waals surface area (Å²) in [6.07, 6.45) is 0. The molecule has 3 heterocycles. The van der Waals surface area contributed by atoms with E-state index in [2.05, 4.69) is 54.6 Å². The number of aromatic nitrogens is 4. The zero-order chi connectivity index (χ0) is 31.6. The Labute approximate surface area is 274 Å². The first kappa shape index (κ1) is 26.5. The van der Waals surface area contributed by atoms with E-state index in [1.54, 1.807) is 0 Å². The first-order valence-electron chi connectivity index (χ1n) is 15.8. The molecule has 10 rings (SSSR count). The second kappa shape index (κ2) is 10.4. The second-order valence-electron chi connectivity index (χ2n) is 11.8. The molecule has 224 valence electrons. The lowest BCUT2D eigenvalue weighted by molar-refractivity contribution is 0.617. The summed E-state index contributed by atoms with van der Waals surface area (Å²) in [5, 5.41) is 6.39. The van der Waals surface area contributed by atoms with E-state index in [4.69, 9.17) is 28.8 Å². The summed E-state index contributed by atoms with van der Waals surface area (Å²) in [7, 11) is 0. The topological polar surface area (TPSA) is 77.8 Å². The Kier molecular flexibility index (Phi) is 5.77. The van der Waals surface area contributed by atoms with Crippen molar-refractivity contribution < 1.29 is 8.83 Å². The van der Waals surface area contributed by atoms with E-state index in [1.165, 1.54) is 5.39 Å². The van der Waals surface area contributed by atoms with Crippen LogP contribution in [0.4, 0.5) is 0 Å². The van der Waals surface area contributed by atoms with E-state index < -0.39 is 0 Å². The van der Waals surface area contributed by atoms with Crippen LogP contribution in [-0.2, 0) is 0 Å². The molecule has 3 aromatic heterocycles. The van der Waals surface area contributed by atoms with Gasteiger partial charge in [0, 0.05) is 39.1 Å². The summed E-state index contributed by atoms with van der Waals surface area (Å²) in [4.78, 5) is 20.2. The van der Waals surface area contributed by atoms with Gasteiger partial charge in [-0.2, -0.15) is 0 Å². The number of nitrogens with zero attached hydrogens (tertiary/aromatic N) is 4. The number of oxazole rings is 1. The molecule has 0 aliphatic carbocycles. The van der Waals surface area contributed by atoms with Gasteiger partial charge in [-0.15, -0.1) is 0 Å². The predicted molar refractivity (Wildman–Crippen MR) is 191 cm³/mol. The van der Waals surface area contributed by atoms with Gasteiger partial charge in [0.25, 0.3) is 0 Å². The third-order valence-corrected chi connectivity index (χ3v) is 8.94. The highest BCUT2D eigenvalue weighted by Gasteiger charge is 2.20. The van der Waals surface area contributed by atoms with Gasteiger partial charge < -0.3 is 8.83 Å². The summed E-state index contributed by atoms with van der Waals surface area (Å²) in [5.74, 6) is 2.34. The smallest absolute Gasteiger partial charge is 0.227 e. The first-order valence-corrected chi connectivity index (χ1v) is 15.8. The zero-order valence-electron chi connectivity index (χ0n) is 25.5.